The fourth-order valence-electron chi connectivity index (χ4n) is 3.04. The van der Waals surface area contributed by atoms with Gasteiger partial charge in [0.15, 0.2) is 5.84 Å². The molecule has 0 amide bonds. The molecule has 8 heteroatoms. The number of hydrogen-bond donors (Lipinski definition) is 0. The summed E-state index contributed by atoms with van der Waals surface area (Å²) in [5.74, 6) is 0.401. The SMILES string of the molecule is Cc1ccc(C(C)S(C)(=O)=N/C(CCc2ccc(Cl)cc2)=N\OCc2ccc(Cl)cc2)cn1. The van der Waals surface area contributed by atoms with Gasteiger partial charge in [0.25, 0.3) is 0 Å². The minimum absolute atomic E-state index is 0.263. The van der Waals surface area contributed by atoms with E-state index in [2.05, 4.69) is 14.5 Å². The lowest BCUT2D eigenvalue weighted by atomic mass is 10.1. The lowest BCUT2D eigenvalue weighted by molar-refractivity contribution is 0.129. The third-order valence-corrected chi connectivity index (χ3v) is 7.87. The molecule has 2 unspecified atom stereocenters. The van der Waals surface area contributed by atoms with Gasteiger partial charge in [-0.1, -0.05) is 58.7 Å². The van der Waals surface area contributed by atoms with Gasteiger partial charge in [0.05, 0.1) is 15.0 Å². The Labute approximate surface area is 206 Å². The van der Waals surface area contributed by atoms with Crippen LogP contribution < -0.4 is 0 Å². The van der Waals surface area contributed by atoms with Gasteiger partial charge >= 0.3 is 0 Å². The quantitative estimate of drug-likeness (QED) is 0.188. The van der Waals surface area contributed by atoms with Crippen molar-refractivity contribution in [3.05, 3.63) is 99.3 Å². The summed E-state index contributed by atoms with van der Waals surface area (Å²) in [7, 11) is -2.65. The monoisotopic (exact) mass is 503 g/mol. The van der Waals surface area contributed by atoms with Gasteiger partial charge in [-0.15, -0.1) is 0 Å². The minimum Gasteiger partial charge on any atom is -0.389 e. The highest BCUT2D eigenvalue weighted by Gasteiger charge is 2.18. The van der Waals surface area contributed by atoms with Crippen LogP contribution in [0.2, 0.25) is 10.0 Å². The van der Waals surface area contributed by atoms with Crippen LogP contribution in [-0.2, 0) is 27.6 Å². The van der Waals surface area contributed by atoms with Crippen LogP contribution in [0.15, 0.2) is 76.4 Å². The highest BCUT2D eigenvalue weighted by Crippen LogP contribution is 2.23. The number of amidine groups is 1. The van der Waals surface area contributed by atoms with Crippen molar-refractivity contribution in [2.45, 2.75) is 38.5 Å². The van der Waals surface area contributed by atoms with Crippen molar-refractivity contribution in [3.8, 4) is 0 Å². The molecule has 0 aliphatic rings. The van der Waals surface area contributed by atoms with Gasteiger partial charge in [0.2, 0.25) is 0 Å². The molecule has 2 aromatic carbocycles. The summed E-state index contributed by atoms with van der Waals surface area (Å²) >= 11 is 11.9. The first kappa shape index (κ1) is 25.2. The molecule has 0 bridgehead atoms. The maximum Gasteiger partial charge on any atom is 0.177 e. The highest BCUT2D eigenvalue weighted by molar-refractivity contribution is 7.93. The van der Waals surface area contributed by atoms with Crippen LogP contribution in [0, 0.1) is 6.92 Å². The second-order valence-corrected chi connectivity index (χ2v) is 11.3. The Bertz CT molecular complexity index is 1200. The minimum atomic E-state index is -2.65. The molecular formula is C25H27Cl2N3O2S. The predicted molar refractivity (Wildman–Crippen MR) is 137 cm³/mol. The maximum atomic E-state index is 13.5. The van der Waals surface area contributed by atoms with Gasteiger partial charge in [-0.3, -0.25) is 4.98 Å². The van der Waals surface area contributed by atoms with E-state index in [1.54, 1.807) is 24.6 Å². The second kappa shape index (κ2) is 11.6. The molecule has 0 N–H and O–H groups in total. The van der Waals surface area contributed by atoms with Gasteiger partial charge in [0, 0.05) is 34.6 Å². The summed E-state index contributed by atoms with van der Waals surface area (Å²) < 4.78 is 18.1. The summed E-state index contributed by atoms with van der Waals surface area (Å²) in [6.07, 6.45) is 4.54. The van der Waals surface area contributed by atoms with E-state index < -0.39 is 9.73 Å². The number of hydrogen-bond acceptors (Lipinski definition) is 4. The van der Waals surface area contributed by atoms with E-state index in [4.69, 9.17) is 28.0 Å². The van der Waals surface area contributed by atoms with E-state index in [0.717, 1.165) is 22.4 Å². The summed E-state index contributed by atoms with van der Waals surface area (Å²) in [6.45, 7) is 4.07. The van der Waals surface area contributed by atoms with E-state index in [1.807, 2.05) is 62.4 Å². The first-order valence-electron chi connectivity index (χ1n) is 10.5. The molecule has 0 fully saturated rings. The molecule has 0 saturated carbocycles. The van der Waals surface area contributed by atoms with Crippen molar-refractivity contribution in [2.75, 3.05) is 6.26 Å². The molecule has 0 radical (unpaired) electrons. The van der Waals surface area contributed by atoms with Crippen LogP contribution >= 0.6 is 23.2 Å². The first-order chi connectivity index (χ1) is 15.7. The van der Waals surface area contributed by atoms with Crippen molar-refractivity contribution in [1.29, 1.82) is 0 Å². The number of benzene rings is 2. The Morgan fingerprint density at radius 3 is 2.18 bits per heavy atom. The van der Waals surface area contributed by atoms with E-state index >= 15 is 0 Å². The number of aromatic nitrogens is 1. The lowest BCUT2D eigenvalue weighted by Gasteiger charge is -2.15. The third-order valence-electron chi connectivity index (χ3n) is 5.21. The van der Waals surface area contributed by atoms with Crippen molar-refractivity contribution in [3.63, 3.8) is 0 Å². The molecule has 0 spiro atoms. The van der Waals surface area contributed by atoms with Gasteiger partial charge in [-0.2, -0.15) is 4.36 Å². The molecule has 174 valence electrons. The highest BCUT2D eigenvalue weighted by atomic mass is 35.5. The summed E-state index contributed by atoms with van der Waals surface area (Å²) in [5, 5.41) is 5.27. The average Bonchev–Trinajstić information content (AvgIpc) is 2.79. The fourth-order valence-corrected chi connectivity index (χ4v) is 4.64. The first-order valence-corrected chi connectivity index (χ1v) is 13.3. The molecule has 1 aromatic heterocycles. The van der Waals surface area contributed by atoms with Crippen LogP contribution in [-0.4, -0.2) is 21.3 Å². The topological polar surface area (TPSA) is 63.9 Å². The van der Waals surface area contributed by atoms with Crippen LogP contribution in [0.5, 0.6) is 0 Å². The molecule has 3 rings (SSSR count). The number of aryl methyl sites for hydroxylation is 2. The van der Waals surface area contributed by atoms with Crippen LogP contribution in [0.1, 0.15) is 41.0 Å². The van der Waals surface area contributed by atoms with Crippen molar-refractivity contribution in [2.24, 2.45) is 9.52 Å². The Kier molecular flexibility index (Phi) is 8.89. The third kappa shape index (κ3) is 7.84. The average molecular weight is 504 g/mol. The molecule has 1 heterocycles. The van der Waals surface area contributed by atoms with E-state index in [0.29, 0.717) is 28.7 Å². The standard InChI is InChI=1S/C25H27Cl2N3O2S/c1-18-4-10-22(16-28-18)19(2)33(3,31)30-25(15-9-20-5-11-23(26)12-6-20)29-32-17-21-7-13-24(27)14-8-21/h4-8,10-14,16,19H,9,15,17H2,1-3H3/b29-25-. The molecule has 33 heavy (non-hydrogen) atoms. The largest absolute Gasteiger partial charge is 0.389 e. The number of oxime groups is 1. The van der Waals surface area contributed by atoms with Crippen LogP contribution in [0.3, 0.4) is 0 Å². The summed E-state index contributed by atoms with van der Waals surface area (Å²) in [6, 6.07) is 18.8. The van der Waals surface area contributed by atoms with E-state index in [1.165, 1.54) is 0 Å². The lowest BCUT2D eigenvalue weighted by Crippen LogP contribution is -2.12. The van der Waals surface area contributed by atoms with Crippen molar-refractivity contribution in [1.82, 2.24) is 4.98 Å². The van der Waals surface area contributed by atoms with Gasteiger partial charge in [0.1, 0.15) is 6.61 Å². The number of halogens is 2. The Morgan fingerprint density at radius 2 is 1.61 bits per heavy atom. The Hall–Kier alpha value is -2.41. The van der Waals surface area contributed by atoms with Crippen molar-refractivity contribution >= 4 is 38.8 Å². The Balaban J connectivity index is 1.81. The zero-order valence-electron chi connectivity index (χ0n) is 18.9. The number of nitrogens with zero attached hydrogens (tertiary/aromatic N) is 3. The van der Waals surface area contributed by atoms with Crippen molar-refractivity contribution < 1.29 is 9.05 Å². The molecular weight excluding hydrogens is 477 g/mol. The van der Waals surface area contributed by atoms with Gasteiger partial charge < -0.3 is 4.84 Å². The predicted octanol–water partition coefficient (Wildman–Crippen LogP) is 7.02. The Morgan fingerprint density at radius 1 is 1.00 bits per heavy atom. The zero-order chi connectivity index (χ0) is 23.8. The molecule has 3 aromatic rings. The van der Waals surface area contributed by atoms with Crippen LogP contribution in [0.25, 0.3) is 0 Å². The molecule has 0 aliphatic carbocycles. The normalized spacial score (nSPS) is 14.4. The molecule has 2 atom stereocenters. The van der Waals surface area contributed by atoms with E-state index in [-0.39, 0.29) is 11.9 Å². The number of rotatable bonds is 8. The molecule has 5 nitrogen and oxygen atoms in total. The zero-order valence-corrected chi connectivity index (χ0v) is 21.2. The van der Waals surface area contributed by atoms with E-state index in [9.17, 15) is 4.21 Å². The molecule has 0 saturated heterocycles. The van der Waals surface area contributed by atoms with Crippen LogP contribution in [0.4, 0.5) is 0 Å². The maximum absolute atomic E-state index is 13.5. The molecule has 0 aliphatic heterocycles. The summed E-state index contributed by atoms with van der Waals surface area (Å²) in [5.41, 5.74) is 3.79. The fraction of sp³-hybridized carbons (Fsp3) is 0.280. The smallest absolute Gasteiger partial charge is 0.177 e. The summed E-state index contributed by atoms with van der Waals surface area (Å²) in [4.78, 5) is 9.89. The van der Waals surface area contributed by atoms with Gasteiger partial charge in [-0.25, -0.2) is 4.21 Å². The number of pyridine rings is 1. The van der Waals surface area contributed by atoms with Gasteiger partial charge in [-0.05, 0) is 67.3 Å². The second-order valence-electron chi connectivity index (χ2n) is 7.86.